The van der Waals surface area contributed by atoms with Gasteiger partial charge in [-0.2, -0.15) is 10.2 Å². The summed E-state index contributed by atoms with van der Waals surface area (Å²) in [6.07, 6.45) is 8.92. The van der Waals surface area contributed by atoms with Gasteiger partial charge in [0.25, 0.3) is 0 Å². The molecule has 0 saturated heterocycles. The van der Waals surface area contributed by atoms with Crippen LogP contribution >= 0.6 is 0 Å². The molecule has 0 saturated carbocycles. The maximum atomic E-state index is 4.23. The lowest BCUT2D eigenvalue weighted by Gasteiger charge is -2.03. The van der Waals surface area contributed by atoms with E-state index in [-0.39, 0.29) is 0 Å². The molecule has 0 atom stereocenters. The summed E-state index contributed by atoms with van der Waals surface area (Å²) in [5, 5.41) is 11.5. The van der Waals surface area contributed by atoms with Gasteiger partial charge in [-0.3, -0.25) is 4.68 Å². The zero-order chi connectivity index (χ0) is 11.0. The number of anilines is 2. The van der Waals surface area contributed by atoms with Crippen molar-refractivity contribution >= 4 is 17.0 Å². The zero-order valence-corrected chi connectivity index (χ0v) is 8.70. The predicted molar refractivity (Wildman–Crippen MR) is 59.5 cm³/mol. The van der Waals surface area contributed by atoms with Crippen LogP contribution < -0.4 is 5.32 Å². The molecular formula is C10H10N6. The number of hydrogen-bond acceptors (Lipinski definition) is 4. The minimum atomic E-state index is 0.798. The van der Waals surface area contributed by atoms with Gasteiger partial charge in [0.05, 0.1) is 23.8 Å². The number of aryl methyl sites for hydroxylation is 1. The van der Waals surface area contributed by atoms with E-state index in [1.807, 2.05) is 25.5 Å². The smallest absolute Gasteiger partial charge is 0.177 e. The maximum absolute atomic E-state index is 4.23. The third-order valence-corrected chi connectivity index (χ3v) is 2.28. The van der Waals surface area contributed by atoms with E-state index in [1.165, 1.54) is 0 Å². The second kappa shape index (κ2) is 3.34. The zero-order valence-electron chi connectivity index (χ0n) is 8.70. The van der Waals surface area contributed by atoms with Crippen LogP contribution in [0.4, 0.5) is 11.4 Å². The van der Waals surface area contributed by atoms with Crippen LogP contribution in [0, 0.1) is 0 Å². The van der Waals surface area contributed by atoms with Gasteiger partial charge in [0.2, 0.25) is 0 Å². The highest BCUT2D eigenvalue weighted by Gasteiger charge is 2.03. The topological polar surface area (TPSA) is 60.0 Å². The molecule has 0 unspecified atom stereocenters. The van der Waals surface area contributed by atoms with Gasteiger partial charge in [-0.05, 0) is 6.07 Å². The largest absolute Gasteiger partial charge is 0.350 e. The van der Waals surface area contributed by atoms with Crippen molar-refractivity contribution in [3.8, 4) is 0 Å². The Balaban J connectivity index is 2.03. The molecule has 6 heteroatoms. The molecule has 0 radical (unpaired) electrons. The van der Waals surface area contributed by atoms with E-state index in [1.54, 1.807) is 27.8 Å². The van der Waals surface area contributed by atoms with Crippen LogP contribution in [0.1, 0.15) is 0 Å². The predicted octanol–water partition coefficient (Wildman–Crippen LogP) is 1.21. The number of aromatic nitrogens is 5. The third kappa shape index (κ3) is 1.40. The van der Waals surface area contributed by atoms with E-state index in [9.17, 15) is 0 Å². The number of nitrogens with one attached hydrogen (secondary N) is 1. The van der Waals surface area contributed by atoms with Crippen LogP contribution in [-0.4, -0.2) is 24.4 Å². The standard InChI is InChI=1S/C10H10N6/c1-15-7-8(6-13-15)14-9-2-3-12-16-5-4-11-10(9)16/h2-7,14H,1H3. The molecule has 1 N–H and O–H groups in total. The molecule has 16 heavy (non-hydrogen) atoms. The van der Waals surface area contributed by atoms with E-state index >= 15 is 0 Å². The van der Waals surface area contributed by atoms with E-state index in [4.69, 9.17) is 0 Å². The second-order valence-corrected chi connectivity index (χ2v) is 3.47. The lowest BCUT2D eigenvalue weighted by Crippen LogP contribution is -1.96. The first kappa shape index (κ1) is 8.90. The van der Waals surface area contributed by atoms with Crippen molar-refractivity contribution in [1.82, 2.24) is 24.4 Å². The van der Waals surface area contributed by atoms with Gasteiger partial charge in [0.15, 0.2) is 5.65 Å². The van der Waals surface area contributed by atoms with Crippen molar-refractivity contribution in [2.45, 2.75) is 0 Å². The molecule has 0 bridgehead atoms. The Morgan fingerprint density at radius 1 is 1.25 bits per heavy atom. The van der Waals surface area contributed by atoms with Crippen molar-refractivity contribution < 1.29 is 0 Å². The van der Waals surface area contributed by atoms with Crippen LogP contribution in [0.2, 0.25) is 0 Å². The lowest BCUT2D eigenvalue weighted by atomic mass is 10.4. The average molecular weight is 214 g/mol. The Morgan fingerprint density at radius 2 is 2.19 bits per heavy atom. The Labute approximate surface area is 91.5 Å². The molecular weight excluding hydrogens is 204 g/mol. The number of hydrogen-bond donors (Lipinski definition) is 1. The minimum Gasteiger partial charge on any atom is -0.350 e. The van der Waals surface area contributed by atoms with E-state index in [0.717, 1.165) is 17.0 Å². The quantitative estimate of drug-likeness (QED) is 0.696. The van der Waals surface area contributed by atoms with Gasteiger partial charge in [-0.15, -0.1) is 0 Å². The van der Waals surface area contributed by atoms with Crippen molar-refractivity contribution in [2.75, 3.05) is 5.32 Å². The summed E-state index contributed by atoms with van der Waals surface area (Å²) in [4.78, 5) is 4.23. The van der Waals surface area contributed by atoms with Gasteiger partial charge in [-0.25, -0.2) is 9.50 Å². The summed E-state index contributed by atoms with van der Waals surface area (Å²) < 4.78 is 3.46. The van der Waals surface area contributed by atoms with Gasteiger partial charge in [0.1, 0.15) is 0 Å². The second-order valence-electron chi connectivity index (χ2n) is 3.47. The molecule has 6 nitrogen and oxygen atoms in total. The number of fused-ring (bicyclic) bond motifs is 1. The molecule has 0 aliphatic rings. The molecule has 3 rings (SSSR count). The summed E-state index contributed by atoms with van der Waals surface area (Å²) in [5.41, 5.74) is 2.64. The molecule has 3 heterocycles. The van der Waals surface area contributed by atoms with Crippen LogP contribution in [0.15, 0.2) is 37.1 Å². The summed E-state index contributed by atoms with van der Waals surface area (Å²) in [6, 6.07) is 1.88. The normalized spacial score (nSPS) is 10.8. The Kier molecular flexibility index (Phi) is 1.86. The Bertz CT molecular complexity index is 623. The third-order valence-electron chi connectivity index (χ3n) is 2.28. The SMILES string of the molecule is Cn1cc(Nc2ccnn3ccnc23)cn1. The van der Waals surface area contributed by atoms with Crippen LogP contribution in [-0.2, 0) is 7.05 Å². The van der Waals surface area contributed by atoms with Gasteiger partial charge < -0.3 is 5.32 Å². The summed E-state index contributed by atoms with van der Waals surface area (Å²) in [6.45, 7) is 0. The first-order valence-corrected chi connectivity index (χ1v) is 4.87. The van der Waals surface area contributed by atoms with E-state index in [2.05, 4.69) is 20.5 Å². The number of rotatable bonds is 2. The number of imidazole rings is 1. The molecule has 0 aromatic carbocycles. The van der Waals surface area contributed by atoms with Crippen molar-refractivity contribution in [3.05, 3.63) is 37.1 Å². The fourth-order valence-corrected chi connectivity index (χ4v) is 1.58. The van der Waals surface area contributed by atoms with Gasteiger partial charge >= 0.3 is 0 Å². The highest BCUT2D eigenvalue weighted by atomic mass is 15.3. The highest BCUT2D eigenvalue weighted by molar-refractivity contribution is 5.72. The summed E-state index contributed by atoms with van der Waals surface area (Å²) >= 11 is 0. The first-order valence-electron chi connectivity index (χ1n) is 4.87. The Morgan fingerprint density at radius 3 is 3.00 bits per heavy atom. The van der Waals surface area contributed by atoms with Crippen LogP contribution in [0.5, 0.6) is 0 Å². The van der Waals surface area contributed by atoms with Gasteiger partial charge in [0, 0.05) is 25.6 Å². The van der Waals surface area contributed by atoms with Crippen molar-refractivity contribution in [2.24, 2.45) is 7.05 Å². The molecule has 0 aliphatic carbocycles. The van der Waals surface area contributed by atoms with Gasteiger partial charge in [-0.1, -0.05) is 0 Å². The fraction of sp³-hybridized carbons (Fsp3) is 0.100. The monoisotopic (exact) mass is 214 g/mol. The lowest BCUT2D eigenvalue weighted by molar-refractivity contribution is 0.768. The average Bonchev–Trinajstić information content (AvgIpc) is 2.87. The molecule has 80 valence electrons. The molecule has 3 aromatic heterocycles. The van der Waals surface area contributed by atoms with Crippen molar-refractivity contribution in [3.63, 3.8) is 0 Å². The summed E-state index contributed by atoms with van der Waals surface area (Å²) in [5.74, 6) is 0. The fourth-order valence-electron chi connectivity index (χ4n) is 1.58. The Hall–Kier alpha value is -2.37. The number of nitrogens with zero attached hydrogens (tertiary/aromatic N) is 5. The molecule has 0 fully saturated rings. The highest BCUT2D eigenvalue weighted by Crippen LogP contribution is 2.18. The van der Waals surface area contributed by atoms with Crippen molar-refractivity contribution in [1.29, 1.82) is 0 Å². The van der Waals surface area contributed by atoms with Crippen LogP contribution in [0.25, 0.3) is 5.65 Å². The van der Waals surface area contributed by atoms with E-state index < -0.39 is 0 Å². The molecule has 0 amide bonds. The van der Waals surface area contributed by atoms with E-state index in [0.29, 0.717) is 0 Å². The molecule has 0 aliphatic heterocycles. The van der Waals surface area contributed by atoms with Crippen LogP contribution in [0.3, 0.4) is 0 Å². The first-order chi connectivity index (χ1) is 7.83. The maximum Gasteiger partial charge on any atom is 0.177 e. The summed E-state index contributed by atoms with van der Waals surface area (Å²) in [7, 11) is 1.88. The molecule has 0 spiro atoms. The minimum absolute atomic E-state index is 0.798. The molecule has 3 aromatic rings.